The number of hydrogen-bond acceptors (Lipinski definition) is 6. The maximum Gasteiger partial charge on any atom is 0.331 e. The summed E-state index contributed by atoms with van der Waals surface area (Å²) in [6.45, 7) is 4.19. The maximum absolute atomic E-state index is 13.2. The van der Waals surface area contributed by atoms with Gasteiger partial charge in [0, 0.05) is 43.9 Å². The van der Waals surface area contributed by atoms with E-state index in [1.165, 1.54) is 4.57 Å². The summed E-state index contributed by atoms with van der Waals surface area (Å²) in [5.41, 5.74) is 0.853. The maximum atomic E-state index is 13.2. The molecule has 37 heavy (non-hydrogen) atoms. The molecule has 1 saturated carbocycles. The zero-order valence-electron chi connectivity index (χ0n) is 20.5. The van der Waals surface area contributed by atoms with E-state index >= 15 is 0 Å². The number of anilines is 1. The lowest BCUT2D eigenvalue weighted by Crippen LogP contribution is -2.40. The van der Waals surface area contributed by atoms with Crippen molar-refractivity contribution in [1.29, 1.82) is 5.26 Å². The van der Waals surface area contributed by atoms with Crippen molar-refractivity contribution in [2.45, 2.75) is 32.9 Å². The molecule has 2 atom stereocenters. The Bertz CT molecular complexity index is 1520. The van der Waals surface area contributed by atoms with E-state index in [1.54, 1.807) is 41.0 Å². The van der Waals surface area contributed by atoms with E-state index in [2.05, 4.69) is 10.6 Å². The highest BCUT2D eigenvalue weighted by atomic mass is 35.5. The van der Waals surface area contributed by atoms with E-state index in [1.807, 2.05) is 13.0 Å². The van der Waals surface area contributed by atoms with E-state index in [4.69, 9.17) is 21.6 Å². The minimum absolute atomic E-state index is 0.0732. The molecule has 0 spiro atoms. The van der Waals surface area contributed by atoms with Gasteiger partial charge in [0.25, 0.3) is 5.56 Å². The predicted octanol–water partition coefficient (Wildman–Crippen LogP) is 2.97. The molecule has 1 aromatic heterocycles. The number of nitriles is 1. The number of halogens is 1. The molecule has 5 rings (SSSR count). The predicted molar refractivity (Wildman–Crippen MR) is 141 cm³/mol. The number of nitrogens with one attached hydrogen (secondary N) is 2. The number of hydrogen-bond donors (Lipinski definition) is 2. The molecule has 2 heterocycles. The van der Waals surface area contributed by atoms with Crippen LogP contribution in [0.25, 0.3) is 10.9 Å². The summed E-state index contributed by atoms with van der Waals surface area (Å²) >= 11 is 6.09. The van der Waals surface area contributed by atoms with Crippen molar-refractivity contribution in [3.63, 3.8) is 0 Å². The Morgan fingerprint density at radius 3 is 2.70 bits per heavy atom. The van der Waals surface area contributed by atoms with E-state index in [0.717, 1.165) is 12.8 Å². The van der Waals surface area contributed by atoms with Gasteiger partial charge < -0.3 is 15.4 Å². The number of ether oxygens (including phenoxy) is 1. The van der Waals surface area contributed by atoms with Gasteiger partial charge in [-0.05, 0) is 56.0 Å². The van der Waals surface area contributed by atoms with Gasteiger partial charge in [0.15, 0.2) is 0 Å². The minimum atomic E-state index is -0.333. The van der Waals surface area contributed by atoms with Gasteiger partial charge in [0.05, 0.1) is 34.0 Å². The normalized spacial score (nSPS) is 19.1. The van der Waals surface area contributed by atoms with Crippen molar-refractivity contribution >= 4 is 34.1 Å². The van der Waals surface area contributed by atoms with Crippen LogP contribution in [0.4, 0.5) is 5.69 Å². The smallest absolute Gasteiger partial charge is 0.331 e. The SMILES string of the molecule is CCn1c(=O)n(CC2CC2)c(=O)c2cc(NC(=O)[C@@H]3CNC[C@@H]3COc3ccc(C#N)c(Cl)c3)ccc21. The fraction of sp³-hybridized carbons (Fsp3) is 0.407. The molecule has 1 aliphatic heterocycles. The van der Waals surface area contributed by atoms with Crippen LogP contribution in [0.2, 0.25) is 5.02 Å². The van der Waals surface area contributed by atoms with E-state index in [9.17, 15) is 14.4 Å². The number of rotatable bonds is 8. The van der Waals surface area contributed by atoms with Crippen LogP contribution in [0, 0.1) is 29.1 Å². The van der Waals surface area contributed by atoms with E-state index < -0.39 is 0 Å². The summed E-state index contributed by atoms with van der Waals surface area (Å²) in [7, 11) is 0. The highest BCUT2D eigenvalue weighted by molar-refractivity contribution is 6.31. The molecule has 2 aliphatic rings. The average molecular weight is 522 g/mol. The monoisotopic (exact) mass is 521 g/mol. The van der Waals surface area contributed by atoms with Gasteiger partial charge in [-0.15, -0.1) is 0 Å². The van der Waals surface area contributed by atoms with Crippen molar-refractivity contribution in [1.82, 2.24) is 14.5 Å². The molecular formula is C27H28ClN5O4. The summed E-state index contributed by atoms with van der Waals surface area (Å²) in [5.74, 6) is 0.342. The Hall–Kier alpha value is -3.61. The number of nitrogens with zero attached hydrogens (tertiary/aromatic N) is 3. The summed E-state index contributed by atoms with van der Waals surface area (Å²) in [6.07, 6.45) is 2.06. The second-order valence-corrected chi connectivity index (χ2v) is 10.1. The molecule has 0 bridgehead atoms. The Labute approximate surface area is 218 Å². The van der Waals surface area contributed by atoms with Gasteiger partial charge in [0.1, 0.15) is 11.8 Å². The molecule has 2 fully saturated rings. The van der Waals surface area contributed by atoms with E-state index in [0.29, 0.717) is 71.6 Å². The molecule has 9 nitrogen and oxygen atoms in total. The average Bonchev–Trinajstić information content (AvgIpc) is 3.59. The molecular weight excluding hydrogens is 494 g/mol. The third kappa shape index (κ3) is 5.13. The van der Waals surface area contributed by atoms with Crippen LogP contribution >= 0.6 is 11.6 Å². The largest absolute Gasteiger partial charge is 0.493 e. The Morgan fingerprint density at radius 1 is 1.19 bits per heavy atom. The minimum Gasteiger partial charge on any atom is -0.493 e. The highest BCUT2D eigenvalue weighted by Gasteiger charge is 2.33. The zero-order valence-corrected chi connectivity index (χ0v) is 21.3. The van der Waals surface area contributed by atoms with Crippen LogP contribution < -0.4 is 26.6 Å². The summed E-state index contributed by atoms with van der Waals surface area (Å²) in [5, 5.41) is 16.0. The van der Waals surface area contributed by atoms with Gasteiger partial charge in [-0.1, -0.05) is 11.6 Å². The second kappa shape index (κ2) is 10.4. The topological polar surface area (TPSA) is 118 Å². The van der Waals surface area contributed by atoms with Gasteiger partial charge in [-0.2, -0.15) is 5.26 Å². The third-order valence-electron chi connectivity index (χ3n) is 7.15. The quantitative estimate of drug-likeness (QED) is 0.470. The molecule has 0 unspecified atom stereocenters. The van der Waals surface area contributed by atoms with Crippen LogP contribution in [-0.4, -0.2) is 34.7 Å². The molecule has 1 aliphatic carbocycles. The van der Waals surface area contributed by atoms with Gasteiger partial charge in [-0.25, -0.2) is 4.79 Å². The number of benzene rings is 2. The molecule has 1 saturated heterocycles. The number of aromatic nitrogens is 2. The summed E-state index contributed by atoms with van der Waals surface area (Å²) in [6, 6.07) is 12.0. The first-order valence-corrected chi connectivity index (χ1v) is 12.9. The molecule has 2 aromatic carbocycles. The molecule has 3 aromatic rings. The third-order valence-corrected chi connectivity index (χ3v) is 7.46. The first-order valence-electron chi connectivity index (χ1n) is 12.5. The number of amides is 1. The highest BCUT2D eigenvalue weighted by Crippen LogP contribution is 2.30. The van der Waals surface area contributed by atoms with Gasteiger partial charge >= 0.3 is 5.69 Å². The second-order valence-electron chi connectivity index (χ2n) is 9.70. The summed E-state index contributed by atoms with van der Waals surface area (Å²) in [4.78, 5) is 39.3. The first-order chi connectivity index (χ1) is 17.9. The number of aryl methyl sites for hydroxylation is 1. The van der Waals surface area contributed by atoms with Crippen molar-refractivity contribution in [2.75, 3.05) is 25.0 Å². The van der Waals surface area contributed by atoms with Gasteiger partial charge in [-0.3, -0.25) is 18.7 Å². The lowest BCUT2D eigenvalue weighted by atomic mass is 9.96. The standard InChI is InChI=1S/C27H28ClN5O4/c1-2-32-24-8-6-19(9-21(24)26(35)33(27(32)36)14-16-3-4-16)31-25(34)22-13-30-12-18(22)15-37-20-7-5-17(11-29)23(28)10-20/h5-10,16,18,22,30H,2-4,12-15H2,1H3,(H,31,34)/t18-,22-/m1/s1. The van der Waals surface area contributed by atoms with E-state index in [-0.39, 0.29) is 29.0 Å². The molecule has 1 amide bonds. The fourth-order valence-electron chi connectivity index (χ4n) is 4.86. The Morgan fingerprint density at radius 2 is 2.00 bits per heavy atom. The van der Waals surface area contributed by atoms with Crippen LogP contribution in [0.1, 0.15) is 25.3 Å². The molecule has 192 valence electrons. The Kier molecular flexibility index (Phi) is 7.04. The molecule has 2 N–H and O–H groups in total. The fourth-order valence-corrected chi connectivity index (χ4v) is 5.07. The van der Waals surface area contributed by atoms with Crippen molar-refractivity contribution in [2.24, 2.45) is 17.8 Å². The number of carbonyl (C=O) groups excluding carboxylic acids is 1. The zero-order chi connectivity index (χ0) is 26.1. The number of fused-ring (bicyclic) bond motifs is 1. The molecule has 10 heteroatoms. The van der Waals surface area contributed by atoms with Crippen molar-refractivity contribution in [3.05, 3.63) is 67.8 Å². The van der Waals surface area contributed by atoms with Crippen molar-refractivity contribution < 1.29 is 9.53 Å². The first kappa shape index (κ1) is 25.1. The van der Waals surface area contributed by atoms with Crippen LogP contribution in [0.5, 0.6) is 5.75 Å². The van der Waals surface area contributed by atoms with Crippen LogP contribution in [0.15, 0.2) is 46.0 Å². The van der Waals surface area contributed by atoms with Gasteiger partial charge in [0.2, 0.25) is 5.91 Å². The van der Waals surface area contributed by atoms with Crippen LogP contribution in [-0.2, 0) is 17.9 Å². The summed E-state index contributed by atoms with van der Waals surface area (Å²) < 4.78 is 8.81. The number of carbonyl (C=O) groups is 1. The molecule has 0 radical (unpaired) electrons. The lowest BCUT2D eigenvalue weighted by Gasteiger charge is -2.19. The van der Waals surface area contributed by atoms with Crippen LogP contribution in [0.3, 0.4) is 0 Å². The lowest BCUT2D eigenvalue weighted by molar-refractivity contribution is -0.120. The Balaban J connectivity index is 1.33. The van der Waals surface area contributed by atoms with Crippen molar-refractivity contribution in [3.8, 4) is 11.8 Å².